The number of nitrogens with zero attached hydrogens (tertiary/aromatic N) is 5. The molecule has 1 aromatic carbocycles. The average Bonchev–Trinajstić information content (AvgIpc) is 3.16. The lowest BCUT2D eigenvalue weighted by molar-refractivity contribution is 0.775. The van der Waals surface area contributed by atoms with Crippen LogP contribution < -0.4 is 16.0 Å². The molecule has 0 saturated carbocycles. The lowest BCUT2D eigenvalue weighted by Crippen LogP contribution is -2.26. The molecule has 0 aliphatic carbocycles. The van der Waals surface area contributed by atoms with E-state index in [1.165, 1.54) is 5.69 Å². The predicted octanol–water partition coefficient (Wildman–Crippen LogP) is 2.29. The zero-order valence-corrected chi connectivity index (χ0v) is 14.0. The summed E-state index contributed by atoms with van der Waals surface area (Å²) in [6.07, 6.45) is 2.70. The quantitative estimate of drug-likeness (QED) is 0.759. The Hall–Kier alpha value is -2.54. The maximum atomic E-state index is 6.01. The maximum Gasteiger partial charge on any atom is 0.226 e. The van der Waals surface area contributed by atoms with Crippen LogP contribution in [0.4, 0.5) is 17.5 Å². The number of nitrogens with two attached hydrogens (primary N) is 1. The zero-order valence-electron chi connectivity index (χ0n) is 13.3. The number of halogens is 1. The van der Waals surface area contributed by atoms with Gasteiger partial charge in [-0.05, 0) is 30.7 Å². The molecular weight excluding hydrogens is 326 g/mol. The molecule has 1 fully saturated rings. The highest BCUT2D eigenvalue weighted by atomic mass is 35.5. The second kappa shape index (κ2) is 5.83. The number of hydrogen-bond donors (Lipinski definition) is 2. The fraction of sp³-hybridized carbons (Fsp3) is 0.312. The molecule has 1 aliphatic heterocycles. The minimum atomic E-state index is 0.269. The van der Waals surface area contributed by atoms with Crippen molar-refractivity contribution in [3.05, 3.63) is 35.5 Å². The highest BCUT2D eigenvalue weighted by Gasteiger charge is 2.23. The molecule has 124 valence electrons. The summed E-state index contributed by atoms with van der Waals surface area (Å²) in [5.74, 6) is 0.995. The van der Waals surface area contributed by atoms with Crippen LogP contribution in [-0.2, 0) is 7.05 Å². The van der Waals surface area contributed by atoms with E-state index < -0.39 is 0 Å². The van der Waals surface area contributed by atoms with Gasteiger partial charge in [0.1, 0.15) is 5.82 Å². The van der Waals surface area contributed by atoms with E-state index in [0.29, 0.717) is 11.8 Å². The van der Waals surface area contributed by atoms with Gasteiger partial charge in [0.25, 0.3) is 0 Å². The molecule has 0 spiro atoms. The summed E-state index contributed by atoms with van der Waals surface area (Å²) in [5, 5.41) is 9.09. The van der Waals surface area contributed by atoms with Gasteiger partial charge in [0, 0.05) is 36.9 Å². The summed E-state index contributed by atoms with van der Waals surface area (Å²) in [6.45, 7) is 1.86. The standard InChI is InChI=1S/C16H18ClN7/c1-23-15-13(8-19-23)14(18)21-16(22-15)20-11-6-7-24(9-11)12-4-2-10(17)3-5-12/h2-5,8,11H,6-7,9H2,1H3,(H3,18,20,21,22)/t11-/m0/s1. The third-order valence-electron chi connectivity index (χ3n) is 4.33. The number of nitrogens with one attached hydrogen (secondary N) is 1. The van der Waals surface area contributed by atoms with Crippen molar-refractivity contribution in [1.29, 1.82) is 0 Å². The van der Waals surface area contributed by atoms with Gasteiger partial charge in [-0.1, -0.05) is 11.6 Å². The summed E-state index contributed by atoms with van der Waals surface area (Å²) >= 11 is 5.95. The molecular formula is C16H18ClN7. The van der Waals surface area contributed by atoms with Gasteiger partial charge in [-0.3, -0.25) is 4.68 Å². The number of hydrogen-bond acceptors (Lipinski definition) is 6. The molecule has 0 bridgehead atoms. The second-order valence-electron chi connectivity index (χ2n) is 5.99. The van der Waals surface area contributed by atoms with E-state index in [-0.39, 0.29) is 6.04 Å². The molecule has 24 heavy (non-hydrogen) atoms. The van der Waals surface area contributed by atoms with Crippen LogP contribution in [0, 0.1) is 0 Å². The molecule has 4 rings (SSSR count). The summed E-state index contributed by atoms with van der Waals surface area (Å²) in [6, 6.07) is 8.18. The van der Waals surface area contributed by atoms with Crippen molar-refractivity contribution in [2.75, 3.05) is 29.0 Å². The fourth-order valence-electron chi connectivity index (χ4n) is 3.06. The minimum Gasteiger partial charge on any atom is -0.383 e. The van der Waals surface area contributed by atoms with Crippen molar-refractivity contribution in [3.8, 4) is 0 Å². The van der Waals surface area contributed by atoms with E-state index in [1.807, 2.05) is 31.3 Å². The van der Waals surface area contributed by atoms with Crippen LogP contribution in [0.15, 0.2) is 30.5 Å². The van der Waals surface area contributed by atoms with Crippen molar-refractivity contribution in [1.82, 2.24) is 19.7 Å². The Kier molecular flexibility index (Phi) is 3.65. The van der Waals surface area contributed by atoms with Crippen LogP contribution in [-0.4, -0.2) is 38.9 Å². The van der Waals surface area contributed by atoms with E-state index in [9.17, 15) is 0 Å². The number of anilines is 3. The zero-order chi connectivity index (χ0) is 16.7. The van der Waals surface area contributed by atoms with E-state index in [4.69, 9.17) is 17.3 Å². The molecule has 7 nitrogen and oxygen atoms in total. The normalized spacial score (nSPS) is 17.6. The Labute approximate surface area is 144 Å². The third-order valence-corrected chi connectivity index (χ3v) is 4.59. The number of rotatable bonds is 3. The van der Waals surface area contributed by atoms with Gasteiger partial charge in [0.2, 0.25) is 5.95 Å². The van der Waals surface area contributed by atoms with Gasteiger partial charge >= 0.3 is 0 Å². The van der Waals surface area contributed by atoms with Crippen molar-refractivity contribution in [2.24, 2.45) is 7.05 Å². The molecule has 0 unspecified atom stereocenters. The van der Waals surface area contributed by atoms with Crippen LogP contribution in [0.3, 0.4) is 0 Å². The summed E-state index contributed by atoms with van der Waals surface area (Å²) in [7, 11) is 1.84. The average molecular weight is 344 g/mol. The number of aryl methyl sites for hydroxylation is 1. The first-order valence-electron chi connectivity index (χ1n) is 7.82. The first kappa shape index (κ1) is 15.0. The Morgan fingerprint density at radius 1 is 1.25 bits per heavy atom. The largest absolute Gasteiger partial charge is 0.383 e. The van der Waals surface area contributed by atoms with Gasteiger partial charge < -0.3 is 16.0 Å². The van der Waals surface area contributed by atoms with E-state index in [2.05, 4.69) is 25.3 Å². The van der Waals surface area contributed by atoms with Gasteiger partial charge in [-0.25, -0.2) is 0 Å². The monoisotopic (exact) mass is 343 g/mol. The molecule has 1 saturated heterocycles. The summed E-state index contributed by atoms with van der Waals surface area (Å²) < 4.78 is 1.70. The molecule has 1 aliphatic rings. The first-order chi connectivity index (χ1) is 11.6. The lowest BCUT2D eigenvalue weighted by atomic mass is 10.3. The molecule has 3 N–H and O–H groups in total. The maximum absolute atomic E-state index is 6.01. The van der Waals surface area contributed by atoms with Crippen LogP contribution >= 0.6 is 11.6 Å². The molecule has 3 heterocycles. The van der Waals surface area contributed by atoms with Crippen LogP contribution in [0.25, 0.3) is 11.0 Å². The molecule has 0 amide bonds. The van der Waals surface area contributed by atoms with Gasteiger partial charge in [-0.2, -0.15) is 15.1 Å². The fourth-order valence-corrected chi connectivity index (χ4v) is 3.18. The van der Waals surface area contributed by atoms with Gasteiger partial charge in [-0.15, -0.1) is 0 Å². The molecule has 3 aromatic rings. The number of fused-ring (bicyclic) bond motifs is 1. The highest BCUT2D eigenvalue weighted by Crippen LogP contribution is 2.24. The smallest absolute Gasteiger partial charge is 0.226 e. The van der Waals surface area contributed by atoms with E-state index in [1.54, 1.807) is 10.9 Å². The Morgan fingerprint density at radius 3 is 2.83 bits per heavy atom. The van der Waals surface area contributed by atoms with E-state index >= 15 is 0 Å². The molecule has 1 atom stereocenters. The first-order valence-corrected chi connectivity index (χ1v) is 8.20. The molecule has 0 radical (unpaired) electrons. The van der Waals surface area contributed by atoms with Crippen LogP contribution in [0.5, 0.6) is 0 Å². The SMILES string of the molecule is Cn1ncc2c(N)nc(N[C@H]3CCN(c4ccc(Cl)cc4)C3)nc21. The van der Waals surface area contributed by atoms with Crippen molar-refractivity contribution in [3.63, 3.8) is 0 Å². The van der Waals surface area contributed by atoms with Crippen LogP contribution in [0.1, 0.15) is 6.42 Å². The number of benzene rings is 1. The Morgan fingerprint density at radius 2 is 2.04 bits per heavy atom. The Bertz CT molecular complexity index is 874. The summed E-state index contributed by atoms with van der Waals surface area (Å²) in [5.41, 5.74) is 7.92. The lowest BCUT2D eigenvalue weighted by Gasteiger charge is -2.19. The predicted molar refractivity (Wildman–Crippen MR) is 96.4 cm³/mol. The number of nitrogen functional groups attached to an aromatic ring is 1. The van der Waals surface area contributed by atoms with Crippen molar-refractivity contribution < 1.29 is 0 Å². The minimum absolute atomic E-state index is 0.269. The highest BCUT2D eigenvalue weighted by molar-refractivity contribution is 6.30. The topological polar surface area (TPSA) is 84.9 Å². The van der Waals surface area contributed by atoms with Gasteiger partial charge in [0.15, 0.2) is 5.65 Å². The van der Waals surface area contributed by atoms with Crippen LogP contribution in [0.2, 0.25) is 5.02 Å². The van der Waals surface area contributed by atoms with Crippen molar-refractivity contribution >= 4 is 40.1 Å². The molecule has 2 aromatic heterocycles. The number of aromatic nitrogens is 4. The molecule has 8 heteroatoms. The third kappa shape index (κ3) is 2.71. The van der Waals surface area contributed by atoms with Crippen molar-refractivity contribution in [2.45, 2.75) is 12.5 Å². The second-order valence-corrected chi connectivity index (χ2v) is 6.43. The van der Waals surface area contributed by atoms with E-state index in [0.717, 1.165) is 35.6 Å². The Balaban J connectivity index is 1.50. The summed E-state index contributed by atoms with van der Waals surface area (Å²) in [4.78, 5) is 11.2. The van der Waals surface area contributed by atoms with Gasteiger partial charge in [0.05, 0.1) is 11.6 Å².